The minimum absolute atomic E-state index is 0.559. The van der Waals surface area contributed by atoms with Crippen LogP contribution in [0.5, 0.6) is 5.75 Å². The van der Waals surface area contributed by atoms with Crippen LogP contribution in [0, 0.1) is 6.92 Å². The van der Waals surface area contributed by atoms with Crippen LogP contribution in [0.4, 0.5) is 0 Å². The molecule has 0 aliphatic rings. The summed E-state index contributed by atoms with van der Waals surface area (Å²) in [6.07, 6.45) is 3.87. The van der Waals surface area contributed by atoms with E-state index < -0.39 is 0 Å². The summed E-state index contributed by atoms with van der Waals surface area (Å²) in [6.45, 7) is 5.60. The summed E-state index contributed by atoms with van der Waals surface area (Å²) >= 11 is 3.49. The molecule has 0 saturated heterocycles. The largest absolute Gasteiger partial charge is 0.488 e. The van der Waals surface area contributed by atoms with Crippen molar-refractivity contribution >= 4 is 15.9 Å². The number of hydrogen-bond acceptors (Lipinski definition) is 2. The highest BCUT2D eigenvalue weighted by Gasteiger charge is 2.04. The quantitative estimate of drug-likeness (QED) is 0.788. The molecule has 0 saturated carbocycles. The summed E-state index contributed by atoms with van der Waals surface area (Å²) in [7, 11) is 0. The fourth-order valence-electron chi connectivity index (χ4n) is 1.77. The highest BCUT2D eigenvalue weighted by Crippen LogP contribution is 2.23. The highest BCUT2D eigenvalue weighted by atomic mass is 79.9. The smallest absolute Gasteiger partial charge is 0.123 e. The monoisotopic (exact) mass is 308 g/mol. The van der Waals surface area contributed by atoms with Crippen molar-refractivity contribution in [1.29, 1.82) is 0 Å². The lowest BCUT2D eigenvalue weighted by Crippen LogP contribution is -1.97. The van der Waals surface area contributed by atoms with Gasteiger partial charge in [-0.15, -0.1) is 0 Å². The Morgan fingerprint density at radius 1 is 1.39 bits per heavy atom. The zero-order chi connectivity index (χ0) is 13.0. The number of benzene rings is 1. The predicted molar refractivity (Wildman–Crippen MR) is 76.0 cm³/mol. The van der Waals surface area contributed by atoms with Crippen LogP contribution < -0.4 is 4.74 Å². The summed E-state index contributed by atoms with van der Waals surface area (Å²) in [6, 6.07) is 6.23. The van der Waals surface area contributed by atoms with Gasteiger partial charge in [0.15, 0.2) is 0 Å². The van der Waals surface area contributed by atoms with Gasteiger partial charge in [0, 0.05) is 29.2 Å². The van der Waals surface area contributed by atoms with Crippen LogP contribution in [0.15, 0.2) is 30.6 Å². The van der Waals surface area contributed by atoms with Gasteiger partial charge in [-0.3, -0.25) is 4.68 Å². The number of alkyl halides is 1. The molecule has 0 atom stereocenters. The molecule has 2 aromatic rings. The maximum atomic E-state index is 5.84. The van der Waals surface area contributed by atoms with Crippen molar-refractivity contribution in [3.8, 4) is 5.75 Å². The zero-order valence-electron chi connectivity index (χ0n) is 10.7. The third-order valence-electron chi connectivity index (χ3n) is 2.77. The van der Waals surface area contributed by atoms with E-state index in [0.717, 1.165) is 23.2 Å². The molecule has 0 aliphatic carbocycles. The average Bonchev–Trinajstić information content (AvgIpc) is 2.85. The molecule has 1 heterocycles. The minimum Gasteiger partial charge on any atom is -0.488 e. The van der Waals surface area contributed by atoms with Gasteiger partial charge in [-0.1, -0.05) is 33.6 Å². The van der Waals surface area contributed by atoms with E-state index >= 15 is 0 Å². The molecule has 3 nitrogen and oxygen atoms in total. The Kier molecular flexibility index (Phi) is 4.42. The lowest BCUT2D eigenvalue weighted by molar-refractivity contribution is 0.303. The molecule has 0 spiro atoms. The second-order valence-corrected chi connectivity index (χ2v) is 4.80. The Hall–Kier alpha value is -1.29. The van der Waals surface area contributed by atoms with Crippen molar-refractivity contribution in [2.75, 3.05) is 0 Å². The SMILES string of the molecule is CCn1cc(COc2ccc(C)cc2CBr)cn1. The van der Waals surface area contributed by atoms with E-state index in [9.17, 15) is 0 Å². The van der Waals surface area contributed by atoms with E-state index in [4.69, 9.17) is 4.74 Å². The van der Waals surface area contributed by atoms with Gasteiger partial charge in [-0.25, -0.2) is 0 Å². The van der Waals surface area contributed by atoms with Gasteiger partial charge < -0.3 is 4.74 Å². The van der Waals surface area contributed by atoms with E-state index in [2.05, 4.69) is 47.0 Å². The third kappa shape index (κ3) is 3.13. The number of aromatic nitrogens is 2. The Bertz CT molecular complexity index is 522. The van der Waals surface area contributed by atoms with Crippen molar-refractivity contribution in [3.05, 3.63) is 47.3 Å². The fourth-order valence-corrected chi connectivity index (χ4v) is 2.21. The van der Waals surface area contributed by atoms with Crippen molar-refractivity contribution < 1.29 is 4.74 Å². The summed E-state index contributed by atoms with van der Waals surface area (Å²) in [4.78, 5) is 0. The maximum absolute atomic E-state index is 5.84. The number of hydrogen-bond donors (Lipinski definition) is 0. The number of rotatable bonds is 5. The first-order chi connectivity index (χ1) is 8.72. The van der Waals surface area contributed by atoms with Crippen LogP contribution in [-0.4, -0.2) is 9.78 Å². The molecule has 1 aromatic carbocycles. The Morgan fingerprint density at radius 3 is 2.89 bits per heavy atom. The van der Waals surface area contributed by atoms with Gasteiger partial charge in [-0.05, 0) is 19.9 Å². The van der Waals surface area contributed by atoms with Crippen LogP contribution in [0.3, 0.4) is 0 Å². The zero-order valence-corrected chi connectivity index (χ0v) is 12.3. The molecule has 96 valence electrons. The van der Waals surface area contributed by atoms with Crippen LogP contribution in [0.2, 0.25) is 0 Å². The van der Waals surface area contributed by atoms with Crippen LogP contribution >= 0.6 is 15.9 Å². The molecule has 0 fully saturated rings. The van der Waals surface area contributed by atoms with Crippen molar-refractivity contribution in [3.63, 3.8) is 0 Å². The molecule has 1 aromatic heterocycles. The van der Waals surface area contributed by atoms with Gasteiger partial charge in [0.1, 0.15) is 12.4 Å². The van der Waals surface area contributed by atoms with Gasteiger partial charge in [-0.2, -0.15) is 5.10 Å². The number of aryl methyl sites for hydroxylation is 2. The first kappa shape index (κ1) is 13.1. The first-order valence-electron chi connectivity index (χ1n) is 6.02. The van der Waals surface area contributed by atoms with Crippen LogP contribution in [0.25, 0.3) is 0 Å². The topological polar surface area (TPSA) is 27.1 Å². The Morgan fingerprint density at radius 2 is 2.22 bits per heavy atom. The molecule has 0 aliphatic heterocycles. The third-order valence-corrected chi connectivity index (χ3v) is 3.37. The molecule has 0 unspecified atom stereocenters. The number of nitrogens with zero attached hydrogens (tertiary/aromatic N) is 2. The van der Waals surface area contributed by atoms with Crippen molar-refractivity contribution in [1.82, 2.24) is 9.78 Å². The summed E-state index contributed by atoms with van der Waals surface area (Å²) in [5.41, 5.74) is 3.52. The van der Waals surface area contributed by atoms with Crippen molar-refractivity contribution in [2.24, 2.45) is 0 Å². The van der Waals surface area contributed by atoms with Gasteiger partial charge >= 0.3 is 0 Å². The normalized spacial score (nSPS) is 10.6. The second-order valence-electron chi connectivity index (χ2n) is 4.24. The maximum Gasteiger partial charge on any atom is 0.123 e. The first-order valence-corrected chi connectivity index (χ1v) is 7.14. The minimum atomic E-state index is 0.559. The van der Waals surface area contributed by atoms with E-state index in [0.29, 0.717) is 6.61 Å². The predicted octanol–water partition coefficient (Wildman–Crippen LogP) is 3.69. The van der Waals surface area contributed by atoms with Gasteiger partial charge in [0.2, 0.25) is 0 Å². The molecule has 0 N–H and O–H groups in total. The van der Waals surface area contributed by atoms with E-state index in [-0.39, 0.29) is 0 Å². The van der Waals surface area contributed by atoms with Gasteiger partial charge in [0.25, 0.3) is 0 Å². The van der Waals surface area contributed by atoms with Crippen molar-refractivity contribution in [2.45, 2.75) is 32.3 Å². The molecule has 0 amide bonds. The lowest BCUT2D eigenvalue weighted by Gasteiger charge is -2.09. The molecule has 4 heteroatoms. The molecule has 0 radical (unpaired) electrons. The standard InChI is InChI=1S/C14H17BrN2O/c1-3-17-9-12(8-16-17)10-18-14-5-4-11(2)6-13(14)7-15/h4-6,8-9H,3,7,10H2,1-2H3. The Balaban J connectivity index is 2.05. The number of ether oxygens (including phenoxy) is 1. The molecular formula is C14H17BrN2O. The molecule has 0 bridgehead atoms. The molecule has 18 heavy (non-hydrogen) atoms. The van der Waals surface area contributed by atoms with Crippen LogP contribution in [0.1, 0.15) is 23.6 Å². The lowest BCUT2D eigenvalue weighted by atomic mass is 10.1. The Labute approximate surface area is 116 Å². The van der Waals surface area contributed by atoms with E-state index in [1.807, 2.05) is 23.1 Å². The fraction of sp³-hybridized carbons (Fsp3) is 0.357. The summed E-state index contributed by atoms with van der Waals surface area (Å²) in [5.74, 6) is 0.932. The second kappa shape index (κ2) is 6.05. The van der Waals surface area contributed by atoms with Gasteiger partial charge in [0.05, 0.1) is 6.20 Å². The molecular weight excluding hydrogens is 292 g/mol. The summed E-state index contributed by atoms with van der Waals surface area (Å²) < 4.78 is 7.75. The molecule has 2 rings (SSSR count). The van der Waals surface area contributed by atoms with E-state index in [1.54, 1.807) is 0 Å². The van der Waals surface area contributed by atoms with E-state index in [1.165, 1.54) is 11.1 Å². The highest BCUT2D eigenvalue weighted by molar-refractivity contribution is 9.08. The average molecular weight is 309 g/mol. The summed E-state index contributed by atoms with van der Waals surface area (Å²) in [5, 5.41) is 5.03. The number of halogens is 1. The van der Waals surface area contributed by atoms with Crippen LogP contribution in [-0.2, 0) is 18.5 Å².